The van der Waals surface area contributed by atoms with Gasteiger partial charge in [-0.3, -0.25) is 19.0 Å². The fourth-order valence-electron chi connectivity index (χ4n) is 6.10. The van der Waals surface area contributed by atoms with Crippen molar-refractivity contribution >= 4 is 57.4 Å². The molecular formula is C37H37N17O3. The van der Waals surface area contributed by atoms with Crippen molar-refractivity contribution in [3.8, 4) is 11.4 Å². The molecule has 0 saturated heterocycles. The number of hydrogen-bond acceptors (Lipinski definition) is 15. The number of fused-ring (bicyclic) bond motifs is 8. The van der Waals surface area contributed by atoms with E-state index in [0.717, 1.165) is 41.0 Å². The van der Waals surface area contributed by atoms with Gasteiger partial charge in [0.05, 0.1) is 47.5 Å². The van der Waals surface area contributed by atoms with Crippen molar-refractivity contribution in [2.75, 3.05) is 10.6 Å². The Morgan fingerprint density at radius 2 is 1.54 bits per heavy atom. The first-order chi connectivity index (χ1) is 27.9. The molecule has 2 aliphatic rings. The highest BCUT2D eigenvalue weighted by atomic mass is 16.4. The first kappa shape index (κ1) is 36.5. The molecule has 20 nitrogen and oxygen atoms in total. The highest BCUT2D eigenvalue weighted by Gasteiger charge is 2.14. The molecule has 57 heavy (non-hydrogen) atoms. The highest BCUT2D eigenvalue weighted by Crippen LogP contribution is 2.21. The lowest BCUT2D eigenvalue weighted by Crippen LogP contribution is -2.05. The highest BCUT2D eigenvalue weighted by molar-refractivity contribution is 5.78. The Hall–Kier alpha value is -7.48. The van der Waals surface area contributed by atoms with Crippen LogP contribution in [-0.4, -0.2) is 86.3 Å². The number of carbonyl (C=O) groups is 2. The van der Waals surface area contributed by atoms with E-state index in [1.54, 1.807) is 45.0 Å². The Morgan fingerprint density at radius 1 is 0.825 bits per heavy atom. The quantitative estimate of drug-likeness (QED) is 0.171. The van der Waals surface area contributed by atoms with E-state index in [1.165, 1.54) is 0 Å². The van der Waals surface area contributed by atoms with Crippen LogP contribution in [0.3, 0.4) is 0 Å². The minimum atomic E-state index is -0.819. The van der Waals surface area contributed by atoms with Crippen LogP contribution in [0.15, 0.2) is 85.7 Å². The number of aliphatic carboxylic acids is 1. The molecule has 0 saturated carbocycles. The summed E-state index contributed by atoms with van der Waals surface area (Å²) >= 11 is 0. The Balaban J connectivity index is 0.000000160. The van der Waals surface area contributed by atoms with Gasteiger partial charge >= 0.3 is 5.97 Å². The van der Waals surface area contributed by atoms with Crippen molar-refractivity contribution < 1.29 is 14.7 Å². The molecule has 10 rings (SSSR count). The molecule has 0 spiro atoms. The van der Waals surface area contributed by atoms with Gasteiger partial charge in [0.2, 0.25) is 11.9 Å². The van der Waals surface area contributed by atoms with Gasteiger partial charge in [0, 0.05) is 51.3 Å². The van der Waals surface area contributed by atoms with Crippen LogP contribution < -0.4 is 16.4 Å². The summed E-state index contributed by atoms with van der Waals surface area (Å²) in [6.07, 6.45) is 13.5. The number of aromatic nitrogens is 14. The topological polar surface area (TPSA) is 253 Å². The maximum atomic E-state index is 12.2. The van der Waals surface area contributed by atoms with Crippen LogP contribution in [0.5, 0.6) is 0 Å². The maximum absolute atomic E-state index is 12.2. The van der Waals surface area contributed by atoms with E-state index in [4.69, 9.17) is 10.8 Å². The van der Waals surface area contributed by atoms with E-state index in [2.05, 4.69) is 61.4 Å². The van der Waals surface area contributed by atoms with Gasteiger partial charge in [0.25, 0.3) is 0 Å². The van der Waals surface area contributed by atoms with Crippen LogP contribution >= 0.6 is 0 Å². The average Bonchev–Trinajstić information content (AvgIpc) is 4.05. The van der Waals surface area contributed by atoms with Gasteiger partial charge in [-0.2, -0.15) is 29.5 Å². The summed E-state index contributed by atoms with van der Waals surface area (Å²) in [6, 6.07) is 15.7. The number of carbonyl (C=O) groups excluding carboxylic acids is 1. The minimum absolute atomic E-state index is 0.103. The molecule has 0 unspecified atom stereocenters. The molecular weight excluding hydrogens is 731 g/mol. The smallest absolute Gasteiger partial charge is 0.303 e. The van der Waals surface area contributed by atoms with Crippen molar-refractivity contribution in [1.29, 1.82) is 0 Å². The third-order valence-electron chi connectivity index (χ3n) is 9.07. The Bertz CT molecular complexity index is 2640. The molecule has 6 bridgehead atoms. The average molecular weight is 768 g/mol. The van der Waals surface area contributed by atoms with Crippen LogP contribution in [0.25, 0.3) is 33.7 Å². The van der Waals surface area contributed by atoms with Crippen molar-refractivity contribution in [1.82, 2.24) is 69.5 Å². The predicted molar refractivity (Wildman–Crippen MR) is 207 cm³/mol. The van der Waals surface area contributed by atoms with Crippen LogP contribution in [0.2, 0.25) is 0 Å². The molecule has 2 aliphatic heterocycles. The lowest BCUT2D eigenvalue weighted by atomic mass is 10.0. The zero-order valence-electron chi connectivity index (χ0n) is 30.5. The van der Waals surface area contributed by atoms with Gasteiger partial charge in [-0.15, -0.1) is 10.2 Å². The molecule has 20 heteroatoms. The molecule has 0 aliphatic carbocycles. The Morgan fingerprint density at radius 3 is 2.28 bits per heavy atom. The first-order valence-corrected chi connectivity index (χ1v) is 18.2. The summed E-state index contributed by atoms with van der Waals surface area (Å²) < 4.78 is 6.82. The van der Waals surface area contributed by atoms with Gasteiger partial charge in [-0.25, -0.2) is 9.97 Å². The normalized spacial score (nSPS) is 12.9. The van der Waals surface area contributed by atoms with E-state index in [9.17, 15) is 9.59 Å². The number of Topliss-reactive ketones (excluding diaryl/α,β-unsaturated/α-hetero) is 1. The number of aryl methyl sites for hydroxylation is 3. The van der Waals surface area contributed by atoms with Crippen molar-refractivity contribution in [2.45, 2.75) is 58.2 Å². The molecule has 0 radical (unpaired) electrons. The summed E-state index contributed by atoms with van der Waals surface area (Å²) in [4.78, 5) is 40.4. The van der Waals surface area contributed by atoms with Crippen LogP contribution in [0.1, 0.15) is 43.2 Å². The fraction of sp³-hybridized carbons (Fsp3) is 0.243. The summed E-state index contributed by atoms with van der Waals surface area (Å²) in [5, 5.41) is 40.1. The molecule has 8 heterocycles. The Kier molecular flexibility index (Phi) is 10.6. The monoisotopic (exact) mass is 767 g/mol. The number of ketones is 1. The van der Waals surface area contributed by atoms with Crippen molar-refractivity contribution in [3.05, 3.63) is 96.8 Å². The fourth-order valence-corrected chi connectivity index (χ4v) is 6.10. The second kappa shape index (κ2) is 16.5. The van der Waals surface area contributed by atoms with Crippen molar-refractivity contribution in [3.63, 3.8) is 0 Å². The van der Waals surface area contributed by atoms with E-state index < -0.39 is 5.97 Å². The third-order valence-corrected chi connectivity index (χ3v) is 9.07. The number of rotatable bonds is 8. The number of benzene rings is 2. The van der Waals surface area contributed by atoms with Gasteiger partial charge in [-0.05, 0) is 54.7 Å². The molecule has 6 aromatic heterocycles. The summed E-state index contributed by atoms with van der Waals surface area (Å²) in [5.41, 5.74) is 13.3. The molecule has 0 amide bonds. The van der Waals surface area contributed by atoms with Crippen LogP contribution in [0, 0.1) is 0 Å². The third kappa shape index (κ3) is 8.75. The number of hydrogen-bond donors (Lipinski definition) is 4. The number of nitrogens with one attached hydrogen (secondary N) is 2. The van der Waals surface area contributed by atoms with Gasteiger partial charge in [0.1, 0.15) is 5.78 Å². The van der Waals surface area contributed by atoms with Gasteiger partial charge in [-0.1, -0.05) is 34.7 Å². The van der Waals surface area contributed by atoms with E-state index in [0.29, 0.717) is 78.8 Å². The first-order valence-electron chi connectivity index (χ1n) is 18.2. The molecule has 2 aromatic carbocycles. The number of anilines is 4. The lowest BCUT2D eigenvalue weighted by molar-refractivity contribution is -0.137. The van der Waals surface area contributed by atoms with Crippen LogP contribution in [-0.2, 0) is 35.6 Å². The molecule has 0 fully saturated rings. The minimum Gasteiger partial charge on any atom is -0.481 e. The number of carboxylic acids is 1. The summed E-state index contributed by atoms with van der Waals surface area (Å²) in [7, 11) is 0. The SMILES string of the molecule is NCc1ccc(-n2nnc3cnc(Nc4cnn(CCCC(=O)O)c4)nc32)cc1.O=C1CCCn2cc(cn2)Nc2ncc3nnn(c3n2)-c2ccc(cc2)CC1. The van der Waals surface area contributed by atoms with Gasteiger partial charge in [0.15, 0.2) is 22.3 Å². The number of carboxylic acid groups (broad SMARTS) is 1. The number of nitrogens with zero attached hydrogens (tertiary/aromatic N) is 14. The molecule has 0 atom stereocenters. The zero-order valence-corrected chi connectivity index (χ0v) is 30.5. The predicted octanol–water partition coefficient (Wildman–Crippen LogP) is 3.92. The molecule has 8 aromatic rings. The molecule has 288 valence electrons. The standard InChI is InChI=1S/C19H18N8O.C18H19N9O2/c28-16-2-1-9-26-12-14(10-21-26)22-19-20-11-17-18(23-19)27(25-24-17)15-6-3-13(4-7-15)5-8-16;19-8-12-3-5-14(6-4-12)27-17-15(24-25-27)10-20-18(23-17)22-13-9-21-26(11-13)7-1-2-16(28)29/h3-4,6-7,10-12H,1-2,5,8-9H2,(H,20,22,23);3-6,9-11H,1-2,7-8,19H2,(H,28,29)(H,20,22,23). The summed E-state index contributed by atoms with van der Waals surface area (Å²) in [5.74, 6) is 0.283. The number of nitrogens with two attached hydrogens (primary N) is 1. The zero-order chi connectivity index (χ0) is 39.1. The van der Waals surface area contributed by atoms with E-state index in [-0.39, 0.29) is 12.2 Å². The maximum Gasteiger partial charge on any atom is 0.303 e. The lowest BCUT2D eigenvalue weighted by Gasteiger charge is -2.06. The van der Waals surface area contributed by atoms with E-state index in [1.807, 2.05) is 59.4 Å². The molecule has 5 N–H and O–H groups in total. The second-order valence-electron chi connectivity index (χ2n) is 13.2. The van der Waals surface area contributed by atoms with Gasteiger partial charge < -0.3 is 21.5 Å². The summed E-state index contributed by atoms with van der Waals surface area (Å²) in [6.45, 7) is 1.68. The Labute approximate surface area is 323 Å². The van der Waals surface area contributed by atoms with E-state index >= 15 is 0 Å². The second-order valence-corrected chi connectivity index (χ2v) is 13.2. The van der Waals surface area contributed by atoms with Crippen molar-refractivity contribution in [2.24, 2.45) is 5.73 Å². The van der Waals surface area contributed by atoms with Crippen LogP contribution in [0.4, 0.5) is 23.3 Å². The largest absolute Gasteiger partial charge is 0.481 e.